The topological polar surface area (TPSA) is 135 Å². The summed E-state index contributed by atoms with van der Waals surface area (Å²) in [6.45, 7) is 0.542. The molecule has 8 nitrogen and oxygen atoms in total. The number of aliphatic hydroxyl groups is 2. The highest BCUT2D eigenvalue weighted by molar-refractivity contribution is 5.93. The molecule has 1 rings (SSSR count). The maximum absolute atomic E-state index is 11.4. The zero-order valence-electron chi connectivity index (χ0n) is 10.2. The van der Waals surface area contributed by atoms with Crippen LogP contribution in [0.5, 0.6) is 0 Å². The zero-order valence-corrected chi connectivity index (χ0v) is 10.2. The Morgan fingerprint density at radius 1 is 1.58 bits per heavy atom. The van der Waals surface area contributed by atoms with Crippen molar-refractivity contribution in [2.24, 2.45) is 5.84 Å². The molecule has 1 aromatic heterocycles. The maximum Gasteiger partial charge on any atom is 0.303 e. The average molecular weight is 269 g/mol. The summed E-state index contributed by atoms with van der Waals surface area (Å²) >= 11 is 0. The molecule has 0 saturated heterocycles. The van der Waals surface area contributed by atoms with Gasteiger partial charge in [-0.25, -0.2) is 5.84 Å². The van der Waals surface area contributed by atoms with E-state index in [2.05, 4.69) is 4.98 Å². The van der Waals surface area contributed by atoms with E-state index in [1.165, 1.54) is 18.3 Å². The van der Waals surface area contributed by atoms with Crippen molar-refractivity contribution in [1.82, 2.24) is 10.4 Å². The van der Waals surface area contributed by atoms with Crippen LogP contribution in [-0.2, 0) is 9.53 Å². The molecule has 5 N–H and O–H groups in total. The van der Waals surface area contributed by atoms with Gasteiger partial charge in [-0.05, 0) is 12.1 Å². The third-order valence-corrected chi connectivity index (χ3v) is 2.30. The van der Waals surface area contributed by atoms with Gasteiger partial charge in [0.2, 0.25) is 0 Å². The minimum Gasteiger partial charge on any atom is -0.453 e. The summed E-state index contributed by atoms with van der Waals surface area (Å²) in [4.78, 5) is 26.3. The Labute approximate surface area is 109 Å². The number of amides is 1. The third kappa shape index (κ3) is 3.98. The molecule has 8 heteroatoms. The highest BCUT2D eigenvalue weighted by Gasteiger charge is 2.25. The van der Waals surface area contributed by atoms with Gasteiger partial charge >= 0.3 is 5.97 Å². The van der Waals surface area contributed by atoms with Gasteiger partial charge in [-0.15, -0.1) is 0 Å². The molecule has 104 valence electrons. The van der Waals surface area contributed by atoms with Gasteiger partial charge in [0.1, 0.15) is 6.10 Å². The predicted octanol–water partition coefficient (Wildman–Crippen LogP) is -1.36. The second kappa shape index (κ2) is 6.78. The van der Waals surface area contributed by atoms with Crippen LogP contribution >= 0.6 is 0 Å². The summed E-state index contributed by atoms with van der Waals surface area (Å²) in [5.41, 5.74) is 2.27. The van der Waals surface area contributed by atoms with Gasteiger partial charge in [0, 0.05) is 18.7 Å². The molecule has 0 bridgehead atoms. The Balaban J connectivity index is 3.08. The highest BCUT2D eigenvalue weighted by Crippen LogP contribution is 2.20. The SMILES string of the molecule is CC(=O)OC(c1cc(C(=O)NN)ccn1)C(O)CO. The van der Waals surface area contributed by atoms with Crippen LogP contribution in [-0.4, -0.2) is 39.8 Å². The first-order chi connectivity index (χ1) is 8.99. The Morgan fingerprint density at radius 3 is 2.79 bits per heavy atom. The number of ether oxygens (including phenoxy) is 1. The van der Waals surface area contributed by atoms with Gasteiger partial charge in [0.25, 0.3) is 5.91 Å². The number of aromatic nitrogens is 1. The first kappa shape index (κ1) is 15.0. The lowest BCUT2D eigenvalue weighted by Gasteiger charge is -2.20. The van der Waals surface area contributed by atoms with Gasteiger partial charge in [0.15, 0.2) is 6.10 Å². The molecule has 0 aromatic carbocycles. The van der Waals surface area contributed by atoms with E-state index < -0.39 is 30.7 Å². The first-order valence-electron chi connectivity index (χ1n) is 5.42. The molecule has 0 aliphatic rings. The monoisotopic (exact) mass is 269 g/mol. The average Bonchev–Trinajstić information content (AvgIpc) is 2.43. The fourth-order valence-corrected chi connectivity index (χ4v) is 1.44. The number of carbonyl (C=O) groups is 2. The molecule has 1 heterocycles. The van der Waals surface area contributed by atoms with E-state index in [9.17, 15) is 14.7 Å². The van der Waals surface area contributed by atoms with E-state index in [0.29, 0.717) is 0 Å². The molecule has 0 spiro atoms. The van der Waals surface area contributed by atoms with Crippen LogP contribution in [0.1, 0.15) is 29.1 Å². The number of rotatable bonds is 5. The third-order valence-electron chi connectivity index (χ3n) is 2.30. The van der Waals surface area contributed by atoms with Crippen LogP contribution < -0.4 is 11.3 Å². The van der Waals surface area contributed by atoms with E-state index in [4.69, 9.17) is 15.7 Å². The minimum atomic E-state index is -1.34. The van der Waals surface area contributed by atoms with E-state index in [-0.39, 0.29) is 11.3 Å². The van der Waals surface area contributed by atoms with Gasteiger partial charge in [-0.1, -0.05) is 0 Å². The van der Waals surface area contributed by atoms with Crippen molar-refractivity contribution in [1.29, 1.82) is 0 Å². The summed E-state index contributed by atoms with van der Waals surface area (Å²) in [6.07, 6.45) is -1.19. The van der Waals surface area contributed by atoms with Crippen molar-refractivity contribution in [3.05, 3.63) is 29.6 Å². The van der Waals surface area contributed by atoms with Crippen molar-refractivity contribution in [2.45, 2.75) is 19.1 Å². The quantitative estimate of drug-likeness (QED) is 0.224. The summed E-state index contributed by atoms with van der Waals surface area (Å²) < 4.78 is 4.88. The van der Waals surface area contributed by atoms with Crippen molar-refractivity contribution in [2.75, 3.05) is 6.61 Å². The molecule has 1 aromatic rings. The normalized spacial score (nSPS) is 13.5. The van der Waals surface area contributed by atoms with Crippen LogP contribution in [0.15, 0.2) is 18.3 Å². The number of pyridine rings is 1. The summed E-state index contributed by atoms with van der Waals surface area (Å²) in [5.74, 6) is 3.80. The fourth-order valence-electron chi connectivity index (χ4n) is 1.44. The van der Waals surface area contributed by atoms with Crippen LogP contribution in [0, 0.1) is 0 Å². The number of carbonyl (C=O) groups excluding carboxylic acids is 2. The number of hydrogen-bond donors (Lipinski definition) is 4. The van der Waals surface area contributed by atoms with Crippen molar-refractivity contribution in [3.63, 3.8) is 0 Å². The molecule has 2 atom stereocenters. The van der Waals surface area contributed by atoms with Crippen LogP contribution in [0.3, 0.4) is 0 Å². The lowest BCUT2D eigenvalue weighted by atomic mass is 10.1. The zero-order chi connectivity index (χ0) is 14.4. The molecule has 19 heavy (non-hydrogen) atoms. The Kier molecular flexibility index (Phi) is 5.37. The van der Waals surface area contributed by atoms with Gasteiger partial charge in [-0.3, -0.25) is 20.0 Å². The number of nitrogens with zero attached hydrogens (tertiary/aromatic N) is 1. The van der Waals surface area contributed by atoms with E-state index in [1.807, 2.05) is 5.43 Å². The largest absolute Gasteiger partial charge is 0.453 e. The molecular weight excluding hydrogens is 254 g/mol. The molecule has 0 fully saturated rings. The molecule has 0 aliphatic heterocycles. The first-order valence-corrected chi connectivity index (χ1v) is 5.42. The number of aliphatic hydroxyl groups excluding tert-OH is 2. The van der Waals surface area contributed by atoms with Crippen LogP contribution in [0.25, 0.3) is 0 Å². The van der Waals surface area contributed by atoms with E-state index >= 15 is 0 Å². The Hall–Kier alpha value is -2.03. The van der Waals surface area contributed by atoms with Crippen LogP contribution in [0.4, 0.5) is 0 Å². The number of nitrogens with two attached hydrogens (primary N) is 1. The number of nitrogens with one attached hydrogen (secondary N) is 1. The van der Waals surface area contributed by atoms with Gasteiger partial charge in [-0.2, -0.15) is 0 Å². The molecule has 2 unspecified atom stereocenters. The van der Waals surface area contributed by atoms with Crippen LogP contribution in [0.2, 0.25) is 0 Å². The Bertz CT molecular complexity index is 465. The van der Waals surface area contributed by atoms with Crippen molar-refractivity contribution >= 4 is 11.9 Å². The molecule has 0 aliphatic carbocycles. The number of nitrogen functional groups attached to an aromatic ring is 1. The maximum atomic E-state index is 11.4. The standard InChI is InChI=1S/C11H15N3O5/c1-6(16)19-10(9(17)5-15)8-4-7(2-3-13-8)11(18)14-12/h2-4,9-10,15,17H,5,12H2,1H3,(H,14,18). The summed E-state index contributed by atoms with van der Waals surface area (Å²) in [5, 5.41) is 18.5. The molecule has 0 radical (unpaired) electrons. The lowest BCUT2D eigenvalue weighted by Crippen LogP contribution is -2.31. The summed E-state index contributed by atoms with van der Waals surface area (Å²) in [6, 6.07) is 2.72. The highest BCUT2D eigenvalue weighted by atomic mass is 16.6. The van der Waals surface area contributed by atoms with E-state index in [0.717, 1.165) is 6.92 Å². The summed E-state index contributed by atoms with van der Waals surface area (Å²) in [7, 11) is 0. The predicted molar refractivity (Wildman–Crippen MR) is 63.5 cm³/mol. The molecule has 1 amide bonds. The number of hydrazine groups is 1. The fraction of sp³-hybridized carbons (Fsp3) is 0.364. The lowest BCUT2D eigenvalue weighted by molar-refractivity contribution is -0.154. The number of hydrogen-bond acceptors (Lipinski definition) is 7. The molecule has 0 saturated carbocycles. The van der Waals surface area contributed by atoms with Gasteiger partial charge < -0.3 is 14.9 Å². The van der Waals surface area contributed by atoms with E-state index in [1.54, 1.807) is 0 Å². The Morgan fingerprint density at radius 2 is 2.26 bits per heavy atom. The second-order valence-corrected chi connectivity index (χ2v) is 3.72. The minimum absolute atomic E-state index is 0.137. The second-order valence-electron chi connectivity index (χ2n) is 3.72. The van der Waals surface area contributed by atoms with Crippen molar-refractivity contribution in [3.8, 4) is 0 Å². The smallest absolute Gasteiger partial charge is 0.303 e. The molecular formula is C11H15N3O5. The van der Waals surface area contributed by atoms with Gasteiger partial charge in [0.05, 0.1) is 12.3 Å². The van der Waals surface area contributed by atoms with Crippen molar-refractivity contribution < 1.29 is 24.5 Å². The number of esters is 1.